The van der Waals surface area contributed by atoms with Crippen LogP contribution >= 0.6 is 22.6 Å². The third-order valence-corrected chi connectivity index (χ3v) is 3.65. The highest BCUT2D eigenvalue weighted by molar-refractivity contribution is 14.1. The lowest BCUT2D eigenvalue weighted by molar-refractivity contribution is 1.27. The molecule has 0 atom stereocenters. The Hall–Kier alpha value is -0.900. The normalized spacial score (nSPS) is 10.5. The lowest BCUT2D eigenvalue weighted by Crippen LogP contribution is -1.92. The standard InChI is InChI=1S/C14H14IN/c1-9-6-10(2)14(11(3)7-9)12-8-16-5-4-13(12)15/h4-8H,1-3H3. The number of hydrogen-bond donors (Lipinski definition) is 0. The van der Waals surface area contributed by atoms with Crippen molar-refractivity contribution in [2.75, 3.05) is 0 Å². The highest BCUT2D eigenvalue weighted by Crippen LogP contribution is 2.30. The van der Waals surface area contributed by atoms with Crippen LogP contribution in [-0.4, -0.2) is 4.98 Å². The Morgan fingerprint density at radius 1 is 1.06 bits per heavy atom. The van der Waals surface area contributed by atoms with E-state index in [0.717, 1.165) is 0 Å². The summed E-state index contributed by atoms with van der Waals surface area (Å²) in [5.74, 6) is 0. The Kier molecular flexibility index (Phi) is 3.28. The molecule has 1 nitrogen and oxygen atoms in total. The van der Waals surface area contributed by atoms with E-state index in [-0.39, 0.29) is 0 Å². The molecule has 0 bridgehead atoms. The molecule has 2 aromatic rings. The number of hydrogen-bond acceptors (Lipinski definition) is 1. The van der Waals surface area contributed by atoms with Gasteiger partial charge in [0, 0.05) is 21.5 Å². The topological polar surface area (TPSA) is 12.9 Å². The Morgan fingerprint density at radius 2 is 1.69 bits per heavy atom. The van der Waals surface area contributed by atoms with Crippen LogP contribution in [0.5, 0.6) is 0 Å². The first-order valence-electron chi connectivity index (χ1n) is 5.27. The van der Waals surface area contributed by atoms with Crippen molar-refractivity contribution in [1.82, 2.24) is 4.98 Å². The second kappa shape index (κ2) is 4.53. The molecule has 0 amide bonds. The van der Waals surface area contributed by atoms with Crippen LogP contribution in [0.15, 0.2) is 30.6 Å². The van der Waals surface area contributed by atoms with Gasteiger partial charge in [-0.05, 0) is 66.1 Å². The van der Waals surface area contributed by atoms with Crippen LogP contribution in [0.4, 0.5) is 0 Å². The van der Waals surface area contributed by atoms with Gasteiger partial charge in [0.2, 0.25) is 0 Å². The molecule has 0 aliphatic rings. The molecule has 0 radical (unpaired) electrons. The Bertz CT molecular complexity index is 509. The van der Waals surface area contributed by atoms with E-state index < -0.39 is 0 Å². The maximum Gasteiger partial charge on any atom is 0.0357 e. The molecule has 0 fully saturated rings. The van der Waals surface area contributed by atoms with Crippen molar-refractivity contribution in [1.29, 1.82) is 0 Å². The van der Waals surface area contributed by atoms with E-state index in [9.17, 15) is 0 Å². The van der Waals surface area contributed by atoms with Crippen molar-refractivity contribution in [3.8, 4) is 11.1 Å². The molecule has 2 rings (SSSR count). The molecule has 0 unspecified atom stereocenters. The third kappa shape index (κ3) is 2.12. The van der Waals surface area contributed by atoms with Crippen molar-refractivity contribution in [3.63, 3.8) is 0 Å². The lowest BCUT2D eigenvalue weighted by Gasteiger charge is -2.12. The highest BCUT2D eigenvalue weighted by atomic mass is 127. The van der Waals surface area contributed by atoms with Crippen LogP contribution in [0.3, 0.4) is 0 Å². The molecule has 1 aromatic heterocycles. The Labute approximate surface area is 110 Å². The summed E-state index contributed by atoms with van der Waals surface area (Å²) in [7, 11) is 0. The first-order valence-corrected chi connectivity index (χ1v) is 6.35. The zero-order valence-electron chi connectivity index (χ0n) is 9.71. The summed E-state index contributed by atoms with van der Waals surface area (Å²) < 4.78 is 1.25. The minimum absolute atomic E-state index is 1.23. The second-order valence-electron chi connectivity index (χ2n) is 4.13. The summed E-state index contributed by atoms with van der Waals surface area (Å²) in [6.07, 6.45) is 3.79. The number of pyridine rings is 1. The van der Waals surface area contributed by atoms with Crippen LogP contribution in [0.1, 0.15) is 16.7 Å². The molecule has 2 heteroatoms. The molecule has 0 saturated carbocycles. The van der Waals surface area contributed by atoms with Crippen LogP contribution in [0.25, 0.3) is 11.1 Å². The fourth-order valence-electron chi connectivity index (χ4n) is 2.17. The van der Waals surface area contributed by atoms with Gasteiger partial charge in [-0.2, -0.15) is 0 Å². The second-order valence-corrected chi connectivity index (χ2v) is 5.29. The van der Waals surface area contributed by atoms with Gasteiger partial charge in [0.1, 0.15) is 0 Å². The largest absolute Gasteiger partial charge is 0.264 e. The van der Waals surface area contributed by atoms with Crippen molar-refractivity contribution in [3.05, 3.63) is 50.9 Å². The van der Waals surface area contributed by atoms with E-state index >= 15 is 0 Å². The first-order chi connectivity index (χ1) is 7.59. The Morgan fingerprint density at radius 3 is 2.25 bits per heavy atom. The number of nitrogens with zero attached hydrogens (tertiary/aromatic N) is 1. The quantitative estimate of drug-likeness (QED) is 0.714. The number of aromatic nitrogens is 1. The number of rotatable bonds is 1. The van der Waals surface area contributed by atoms with Gasteiger partial charge < -0.3 is 0 Å². The summed E-state index contributed by atoms with van der Waals surface area (Å²) in [4.78, 5) is 4.22. The summed E-state index contributed by atoms with van der Waals surface area (Å²) in [6, 6.07) is 6.51. The van der Waals surface area contributed by atoms with Gasteiger partial charge in [-0.15, -0.1) is 0 Å². The summed E-state index contributed by atoms with van der Waals surface area (Å²) in [5, 5.41) is 0. The third-order valence-electron chi connectivity index (χ3n) is 2.71. The average molecular weight is 323 g/mol. The number of benzene rings is 1. The smallest absolute Gasteiger partial charge is 0.0357 e. The maximum absolute atomic E-state index is 4.22. The van der Waals surface area contributed by atoms with Gasteiger partial charge in [0.15, 0.2) is 0 Å². The van der Waals surface area contributed by atoms with E-state index in [1.807, 2.05) is 12.4 Å². The molecular weight excluding hydrogens is 309 g/mol. The summed E-state index contributed by atoms with van der Waals surface area (Å²) in [6.45, 7) is 6.47. The van der Waals surface area contributed by atoms with Gasteiger partial charge in [-0.25, -0.2) is 0 Å². The zero-order valence-corrected chi connectivity index (χ0v) is 11.9. The molecule has 1 aromatic carbocycles. The predicted molar refractivity (Wildman–Crippen MR) is 76.6 cm³/mol. The van der Waals surface area contributed by atoms with E-state index in [1.165, 1.54) is 31.4 Å². The van der Waals surface area contributed by atoms with E-state index in [0.29, 0.717) is 0 Å². The Balaban J connectivity index is 2.70. The lowest BCUT2D eigenvalue weighted by atomic mass is 9.95. The highest BCUT2D eigenvalue weighted by Gasteiger charge is 2.09. The SMILES string of the molecule is Cc1cc(C)c(-c2cnccc2I)c(C)c1. The molecule has 0 aliphatic heterocycles. The van der Waals surface area contributed by atoms with Crippen LogP contribution in [0, 0.1) is 24.3 Å². The maximum atomic E-state index is 4.22. The van der Waals surface area contributed by atoms with Gasteiger partial charge in [-0.1, -0.05) is 17.7 Å². The van der Waals surface area contributed by atoms with Crippen molar-refractivity contribution in [2.24, 2.45) is 0 Å². The zero-order chi connectivity index (χ0) is 11.7. The van der Waals surface area contributed by atoms with Gasteiger partial charge in [-0.3, -0.25) is 4.98 Å². The molecule has 16 heavy (non-hydrogen) atoms. The van der Waals surface area contributed by atoms with Crippen molar-refractivity contribution >= 4 is 22.6 Å². The molecule has 0 saturated heterocycles. The number of halogens is 1. The van der Waals surface area contributed by atoms with Gasteiger partial charge >= 0.3 is 0 Å². The molecule has 82 valence electrons. The molecule has 0 N–H and O–H groups in total. The van der Waals surface area contributed by atoms with Crippen molar-refractivity contribution < 1.29 is 0 Å². The fraction of sp³-hybridized carbons (Fsp3) is 0.214. The van der Waals surface area contributed by atoms with E-state index in [1.54, 1.807) is 0 Å². The van der Waals surface area contributed by atoms with E-state index in [2.05, 4.69) is 66.5 Å². The average Bonchev–Trinajstić information content (AvgIpc) is 2.19. The molecule has 0 aliphatic carbocycles. The van der Waals surface area contributed by atoms with Crippen LogP contribution in [-0.2, 0) is 0 Å². The minimum Gasteiger partial charge on any atom is -0.264 e. The molecular formula is C14H14IN. The monoisotopic (exact) mass is 323 g/mol. The van der Waals surface area contributed by atoms with Crippen molar-refractivity contribution in [2.45, 2.75) is 20.8 Å². The summed E-state index contributed by atoms with van der Waals surface area (Å²) >= 11 is 2.37. The van der Waals surface area contributed by atoms with Crippen LogP contribution in [0.2, 0.25) is 0 Å². The molecule has 1 heterocycles. The minimum atomic E-state index is 1.23. The van der Waals surface area contributed by atoms with Gasteiger partial charge in [0.05, 0.1) is 0 Å². The fourth-order valence-corrected chi connectivity index (χ4v) is 2.74. The number of aryl methyl sites for hydroxylation is 3. The van der Waals surface area contributed by atoms with Gasteiger partial charge in [0.25, 0.3) is 0 Å². The molecule has 0 spiro atoms. The summed E-state index contributed by atoms with van der Waals surface area (Å²) in [5.41, 5.74) is 6.52. The predicted octanol–water partition coefficient (Wildman–Crippen LogP) is 4.28. The van der Waals surface area contributed by atoms with Crippen LogP contribution < -0.4 is 0 Å². The first kappa shape index (κ1) is 11.6. The van der Waals surface area contributed by atoms with E-state index in [4.69, 9.17) is 0 Å².